The highest BCUT2D eigenvalue weighted by Crippen LogP contribution is 2.29. The Morgan fingerprint density at radius 1 is 1.10 bits per heavy atom. The number of benzene rings is 2. The van der Waals surface area contributed by atoms with Gasteiger partial charge in [0.2, 0.25) is 0 Å². The highest BCUT2D eigenvalue weighted by Gasteiger charge is 2.30. The molecule has 2 aromatic rings. The van der Waals surface area contributed by atoms with Crippen molar-refractivity contribution < 1.29 is 13.2 Å². The summed E-state index contributed by atoms with van der Waals surface area (Å²) >= 11 is 1.63. The number of guanidine groups is 1. The smallest absolute Gasteiger partial charge is 0.352 e. The van der Waals surface area contributed by atoms with Crippen LogP contribution >= 0.6 is 11.8 Å². The Labute approximate surface area is 179 Å². The number of nitrogens with two attached hydrogens (primary N) is 1. The van der Waals surface area contributed by atoms with E-state index in [1.165, 1.54) is 12.1 Å². The summed E-state index contributed by atoms with van der Waals surface area (Å²) < 4.78 is 38.3. The number of alkyl halides is 3. The second-order valence-electron chi connectivity index (χ2n) is 7.38. The van der Waals surface area contributed by atoms with Gasteiger partial charge >= 0.3 is 6.18 Å². The molecule has 1 saturated carbocycles. The molecule has 30 heavy (non-hydrogen) atoms. The molecule has 1 fully saturated rings. The molecule has 1 aliphatic carbocycles. The van der Waals surface area contributed by atoms with Crippen LogP contribution in [0.2, 0.25) is 0 Å². The average Bonchev–Trinajstić information content (AvgIpc) is 2.73. The Morgan fingerprint density at radius 2 is 1.80 bits per heavy atom. The van der Waals surface area contributed by atoms with Crippen LogP contribution in [0, 0.1) is 0 Å². The molecule has 162 valence electrons. The van der Waals surface area contributed by atoms with Gasteiger partial charge in [-0.15, -0.1) is 11.8 Å². The molecule has 2 atom stereocenters. The fraction of sp³-hybridized carbons (Fsp3) is 0.409. The SMILES string of the molecule is CSc1ccccc1NC(=NCc1ccc(C(F)(F)F)cc1)N[C@H]1CCCC[C@@H]1N. The highest BCUT2D eigenvalue weighted by molar-refractivity contribution is 7.98. The number of nitrogens with one attached hydrogen (secondary N) is 2. The van der Waals surface area contributed by atoms with E-state index in [9.17, 15) is 13.2 Å². The first-order valence-corrected chi connectivity index (χ1v) is 11.2. The number of aliphatic imine (C=N–C) groups is 1. The lowest BCUT2D eigenvalue weighted by atomic mass is 9.91. The molecule has 0 amide bonds. The number of nitrogens with zero attached hydrogens (tertiary/aromatic N) is 1. The summed E-state index contributed by atoms with van der Waals surface area (Å²) in [5.74, 6) is 0.582. The maximum atomic E-state index is 12.8. The molecule has 0 aliphatic heterocycles. The monoisotopic (exact) mass is 436 g/mol. The summed E-state index contributed by atoms with van der Waals surface area (Å²) in [6.07, 6.45) is 1.83. The highest BCUT2D eigenvalue weighted by atomic mass is 32.2. The minimum atomic E-state index is -4.34. The van der Waals surface area contributed by atoms with Crippen molar-refractivity contribution in [2.24, 2.45) is 10.7 Å². The molecule has 3 rings (SSSR count). The molecule has 0 saturated heterocycles. The number of para-hydroxylation sites is 1. The van der Waals surface area contributed by atoms with Crippen molar-refractivity contribution in [2.75, 3.05) is 11.6 Å². The van der Waals surface area contributed by atoms with Crippen LogP contribution in [-0.4, -0.2) is 24.3 Å². The lowest BCUT2D eigenvalue weighted by molar-refractivity contribution is -0.137. The summed E-state index contributed by atoms with van der Waals surface area (Å²) in [4.78, 5) is 5.71. The molecule has 0 radical (unpaired) electrons. The van der Waals surface area contributed by atoms with Crippen LogP contribution in [-0.2, 0) is 12.7 Å². The average molecular weight is 437 g/mol. The van der Waals surface area contributed by atoms with Gasteiger partial charge in [-0.3, -0.25) is 0 Å². The number of hydrogen-bond donors (Lipinski definition) is 3. The third kappa shape index (κ3) is 6.15. The van der Waals surface area contributed by atoms with E-state index >= 15 is 0 Å². The van der Waals surface area contributed by atoms with E-state index in [-0.39, 0.29) is 18.6 Å². The first-order chi connectivity index (χ1) is 14.4. The normalized spacial score (nSPS) is 20.1. The zero-order chi connectivity index (χ0) is 21.6. The van der Waals surface area contributed by atoms with Crippen LogP contribution in [0.15, 0.2) is 58.4 Å². The molecule has 0 aromatic heterocycles. The molecule has 0 bridgehead atoms. The van der Waals surface area contributed by atoms with Gasteiger partial charge in [0.05, 0.1) is 17.8 Å². The Morgan fingerprint density at radius 3 is 2.47 bits per heavy atom. The van der Waals surface area contributed by atoms with Crippen molar-refractivity contribution in [3.8, 4) is 0 Å². The first kappa shape index (κ1) is 22.5. The number of thioether (sulfide) groups is 1. The van der Waals surface area contributed by atoms with E-state index in [1.807, 2.05) is 30.5 Å². The van der Waals surface area contributed by atoms with E-state index in [4.69, 9.17) is 5.73 Å². The van der Waals surface area contributed by atoms with Crippen molar-refractivity contribution in [3.05, 3.63) is 59.7 Å². The van der Waals surface area contributed by atoms with Crippen molar-refractivity contribution >= 4 is 23.4 Å². The van der Waals surface area contributed by atoms with Gasteiger partial charge in [0.25, 0.3) is 0 Å². The van der Waals surface area contributed by atoms with Gasteiger partial charge in [-0.1, -0.05) is 37.1 Å². The van der Waals surface area contributed by atoms with Gasteiger partial charge in [0, 0.05) is 17.0 Å². The van der Waals surface area contributed by atoms with E-state index in [1.54, 1.807) is 11.8 Å². The molecule has 8 heteroatoms. The third-order valence-corrected chi connectivity index (χ3v) is 6.00. The number of anilines is 1. The van der Waals surface area contributed by atoms with E-state index in [2.05, 4.69) is 15.6 Å². The second kappa shape index (κ2) is 10.2. The van der Waals surface area contributed by atoms with Crippen molar-refractivity contribution in [3.63, 3.8) is 0 Å². The number of halogens is 3. The van der Waals surface area contributed by atoms with Crippen molar-refractivity contribution in [2.45, 2.75) is 55.4 Å². The van der Waals surface area contributed by atoms with Gasteiger partial charge in [-0.25, -0.2) is 4.99 Å². The summed E-state index contributed by atoms with van der Waals surface area (Å²) in [6.45, 7) is 0.261. The zero-order valence-electron chi connectivity index (χ0n) is 16.9. The fourth-order valence-electron chi connectivity index (χ4n) is 3.48. The van der Waals surface area contributed by atoms with E-state index in [0.29, 0.717) is 11.5 Å². The topological polar surface area (TPSA) is 62.4 Å². The predicted molar refractivity (Wildman–Crippen MR) is 118 cm³/mol. The fourth-order valence-corrected chi connectivity index (χ4v) is 4.03. The molecular weight excluding hydrogens is 409 g/mol. The second-order valence-corrected chi connectivity index (χ2v) is 8.23. The molecule has 0 unspecified atom stereocenters. The molecule has 0 heterocycles. The van der Waals surface area contributed by atoms with Crippen molar-refractivity contribution in [1.29, 1.82) is 0 Å². The van der Waals surface area contributed by atoms with Gasteiger partial charge < -0.3 is 16.4 Å². The van der Waals surface area contributed by atoms with Crippen LogP contribution in [0.4, 0.5) is 18.9 Å². The zero-order valence-corrected chi connectivity index (χ0v) is 17.7. The molecule has 1 aliphatic rings. The Hall–Kier alpha value is -2.19. The van der Waals surface area contributed by atoms with Crippen LogP contribution < -0.4 is 16.4 Å². The van der Waals surface area contributed by atoms with Gasteiger partial charge in [-0.05, 0) is 48.9 Å². The number of rotatable bonds is 5. The maximum absolute atomic E-state index is 12.8. The lowest BCUT2D eigenvalue weighted by Crippen LogP contribution is -2.51. The Bertz CT molecular complexity index is 852. The Kier molecular flexibility index (Phi) is 7.66. The third-order valence-electron chi connectivity index (χ3n) is 5.20. The van der Waals surface area contributed by atoms with Crippen LogP contribution in [0.3, 0.4) is 0 Å². The largest absolute Gasteiger partial charge is 0.416 e. The molecular formula is C22H27F3N4S. The molecule has 0 spiro atoms. The Balaban J connectivity index is 1.78. The van der Waals surface area contributed by atoms with E-state index in [0.717, 1.165) is 48.4 Å². The summed E-state index contributed by atoms with van der Waals surface area (Å²) in [7, 11) is 0. The number of hydrogen-bond acceptors (Lipinski definition) is 3. The minimum absolute atomic E-state index is 0.0487. The lowest BCUT2D eigenvalue weighted by Gasteiger charge is -2.31. The summed E-state index contributed by atoms with van der Waals surface area (Å²) in [5, 5.41) is 6.79. The maximum Gasteiger partial charge on any atom is 0.416 e. The van der Waals surface area contributed by atoms with Crippen LogP contribution in [0.25, 0.3) is 0 Å². The predicted octanol–water partition coefficient (Wildman–Crippen LogP) is 5.25. The van der Waals surface area contributed by atoms with E-state index < -0.39 is 11.7 Å². The minimum Gasteiger partial charge on any atom is -0.352 e. The standard InChI is InChI=1S/C22H27F3N4S/c1-30-20-9-5-4-8-19(20)29-21(28-18-7-3-2-6-17(18)26)27-14-15-10-12-16(13-11-15)22(23,24)25/h4-5,8-13,17-18H,2-3,6-7,14,26H2,1H3,(H2,27,28,29)/t17-,18-/m0/s1. The summed E-state index contributed by atoms with van der Waals surface area (Å²) in [6, 6.07) is 13.2. The van der Waals surface area contributed by atoms with Crippen LogP contribution in [0.1, 0.15) is 36.8 Å². The molecule has 2 aromatic carbocycles. The quantitative estimate of drug-likeness (QED) is 0.340. The van der Waals surface area contributed by atoms with Gasteiger partial charge in [-0.2, -0.15) is 13.2 Å². The van der Waals surface area contributed by atoms with Crippen molar-refractivity contribution in [1.82, 2.24) is 5.32 Å². The molecule has 4 N–H and O–H groups in total. The first-order valence-electron chi connectivity index (χ1n) is 9.99. The van der Waals surface area contributed by atoms with Gasteiger partial charge in [0.15, 0.2) is 5.96 Å². The van der Waals surface area contributed by atoms with Crippen LogP contribution in [0.5, 0.6) is 0 Å². The van der Waals surface area contributed by atoms with Gasteiger partial charge in [0.1, 0.15) is 0 Å². The molecule has 4 nitrogen and oxygen atoms in total. The summed E-state index contributed by atoms with van der Waals surface area (Å²) in [5.41, 5.74) is 7.25.